The number of amides is 2. The molecule has 6 nitrogen and oxygen atoms in total. The molecular weight excluding hydrogens is 431 g/mol. The monoisotopic (exact) mass is 458 g/mol. The van der Waals surface area contributed by atoms with Crippen LogP contribution in [-0.4, -0.2) is 79.9 Å². The van der Waals surface area contributed by atoms with Gasteiger partial charge in [0.15, 0.2) is 0 Å². The van der Waals surface area contributed by atoms with Crippen molar-refractivity contribution in [3.8, 4) is 0 Å². The Kier molecular flexibility index (Phi) is 7.64. The van der Waals surface area contributed by atoms with Crippen LogP contribution in [0, 0.1) is 10.5 Å². The fourth-order valence-corrected chi connectivity index (χ4v) is 3.26. The maximum atomic E-state index is 12.3. The van der Waals surface area contributed by atoms with Crippen LogP contribution in [0.4, 0.5) is 5.69 Å². The van der Waals surface area contributed by atoms with Crippen molar-refractivity contribution >= 4 is 40.1 Å². The van der Waals surface area contributed by atoms with Crippen LogP contribution in [0.1, 0.15) is 12.0 Å². The van der Waals surface area contributed by atoms with Crippen LogP contribution in [0.5, 0.6) is 0 Å². The highest BCUT2D eigenvalue weighted by atomic mass is 127. The molecule has 7 heteroatoms. The number of likely N-dealkylation sites (N-methyl/N-ethyl adjacent to an activating group) is 1. The van der Waals surface area contributed by atoms with Crippen molar-refractivity contribution in [2.75, 3.05) is 58.7 Å². The van der Waals surface area contributed by atoms with Crippen molar-refractivity contribution < 1.29 is 9.59 Å². The number of carbonyl (C=O) groups is 2. The van der Waals surface area contributed by atoms with Crippen LogP contribution in [-0.2, 0) is 9.59 Å². The van der Waals surface area contributed by atoms with Gasteiger partial charge in [0.05, 0.1) is 13.1 Å². The van der Waals surface area contributed by atoms with Gasteiger partial charge in [0.25, 0.3) is 0 Å². The molecule has 25 heavy (non-hydrogen) atoms. The summed E-state index contributed by atoms with van der Waals surface area (Å²) in [6, 6.07) is 5.94. The Morgan fingerprint density at radius 1 is 1.12 bits per heavy atom. The molecule has 1 N–H and O–H groups in total. The van der Waals surface area contributed by atoms with Gasteiger partial charge >= 0.3 is 0 Å². The quantitative estimate of drug-likeness (QED) is 0.682. The third kappa shape index (κ3) is 6.56. The molecule has 1 heterocycles. The first-order valence-corrected chi connectivity index (χ1v) is 9.64. The van der Waals surface area contributed by atoms with Gasteiger partial charge in [-0.25, -0.2) is 0 Å². The molecule has 0 saturated carbocycles. The highest BCUT2D eigenvalue weighted by molar-refractivity contribution is 14.1. The number of aryl methyl sites for hydroxylation is 1. The van der Waals surface area contributed by atoms with Crippen molar-refractivity contribution in [3.63, 3.8) is 0 Å². The van der Waals surface area contributed by atoms with E-state index in [2.05, 4.69) is 44.6 Å². The van der Waals surface area contributed by atoms with Crippen molar-refractivity contribution in [2.45, 2.75) is 13.3 Å². The second-order valence-corrected chi connectivity index (χ2v) is 7.87. The summed E-state index contributed by atoms with van der Waals surface area (Å²) in [5.74, 6) is 0.137. The normalized spacial score (nSPS) is 16.3. The van der Waals surface area contributed by atoms with Crippen LogP contribution in [0.3, 0.4) is 0 Å². The van der Waals surface area contributed by atoms with E-state index in [0.717, 1.165) is 41.9 Å². The summed E-state index contributed by atoms with van der Waals surface area (Å²) in [5.41, 5.74) is 2.05. The van der Waals surface area contributed by atoms with E-state index in [1.54, 1.807) is 19.0 Å². The second-order valence-electron chi connectivity index (χ2n) is 6.71. The Labute approximate surface area is 163 Å². The lowest BCUT2D eigenvalue weighted by atomic mass is 10.2. The number of nitrogens with one attached hydrogen (secondary N) is 1. The van der Waals surface area contributed by atoms with Gasteiger partial charge in [0.1, 0.15) is 0 Å². The fourth-order valence-electron chi connectivity index (χ4n) is 2.75. The molecule has 2 amide bonds. The molecule has 1 aromatic rings. The third-order valence-corrected chi connectivity index (χ3v) is 5.52. The maximum Gasteiger partial charge on any atom is 0.238 e. The average Bonchev–Trinajstić information content (AvgIpc) is 2.76. The van der Waals surface area contributed by atoms with E-state index in [1.807, 2.05) is 18.2 Å². The van der Waals surface area contributed by atoms with E-state index >= 15 is 0 Å². The first kappa shape index (κ1) is 20.1. The minimum absolute atomic E-state index is 0.0115. The minimum Gasteiger partial charge on any atom is -0.348 e. The van der Waals surface area contributed by atoms with Crippen molar-refractivity contribution in [3.05, 3.63) is 27.3 Å². The molecule has 0 atom stereocenters. The zero-order valence-corrected chi connectivity index (χ0v) is 17.4. The summed E-state index contributed by atoms with van der Waals surface area (Å²) in [6.07, 6.45) is 0.969. The number of carbonyl (C=O) groups excluding carboxylic acids is 2. The summed E-state index contributed by atoms with van der Waals surface area (Å²) in [5, 5.41) is 2.98. The minimum atomic E-state index is 0.0115. The molecule has 1 saturated heterocycles. The highest BCUT2D eigenvalue weighted by Gasteiger charge is 2.19. The average molecular weight is 458 g/mol. The molecule has 1 aliphatic rings. The van der Waals surface area contributed by atoms with Crippen LogP contribution in [0.2, 0.25) is 0 Å². The summed E-state index contributed by atoms with van der Waals surface area (Å²) in [6.45, 7) is 6.29. The molecule has 0 spiro atoms. The zero-order chi connectivity index (χ0) is 18.4. The summed E-state index contributed by atoms with van der Waals surface area (Å²) >= 11 is 2.28. The Hall–Kier alpha value is -1.19. The zero-order valence-electron chi connectivity index (χ0n) is 15.2. The molecule has 0 unspecified atom stereocenters. The lowest BCUT2D eigenvalue weighted by Gasteiger charge is -2.22. The topological polar surface area (TPSA) is 55.9 Å². The Morgan fingerprint density at radius 3 is 2.36 bits per heavy atom. The molecule has 1 aromatic carbocycles. The highest BCUT2D eigenvalue weighted by Crippen LogP contribution is 2.17. The number of benzene rings is 1. The van der Waals surface area contributed by atoms with E-state index in [9.17, 15) is 9.59 Å². The van der Waals surface area contributed by atoms with Crippen LogP contribution in [0.15, 0.2) is 18.2 Å². The molecule has 0 radical (unpaired) electrons. The molecule has 138 valence electrons. The molecule has 0 bridgehead atoms. The summed E-state index contributed by atoms with van der Waals surface area (Å²) in [4.78, 5) is 30.1. The van der Waals surface area contributed by atoms with E-state index in [0.29, 0.717) is 13.1 Å². The van der Waals surface area contributed by atoms with Crippen LogP contribution < -0.4 is 5.32 Å². The van der Waals surface area contributed by atoms with Gasteiger partial charge in [0.2, 0.25) is 11.8 Å². The predicted molar refractivity (Wildman–Crippen MR) is 109 cm³/mol. The van der Waals surface area contributed by atoms with Gasteiger partial charge in [-0.2, -0.15) is 0 Å². The number of halogens is 1. The molecule has 1 fully saturated rings. The predicted octanol–water partition coefficient (Wildman–Crippen LogP) is 1.63. The standard InChI is InChI=1S/C18H27IN4O2/c1-14-5-6-15(11-16(14)19)20-17(24)12-22-7-4-8-23(10-9-22)13-18(25)21(2)3/h5-6,11H,4,7-10,12-13H2,1-3H3,(H,20,24). The largest absolute Gasteiger partial charge is 0.348 e. The van der Waals surface area contributed by atoms with E-state index in [-0.39, 0.29) is 11.8 Å². The molecule has 0 aromatic heterocycles. The van der Waals surface area contributed by atoms with E-state index in [4.69, 9.17) is 0 Å². The fraction of sp³-hybridized carbons (Fsp3) is 0.556. The second kappa shape index (κ2) is 9.49. The molecule has 1 aliphatic heterocycles. The molecule has 0 aliphatic carbocycles. The van der Waals surface area contributed by atoms with Gasteiger partial charge in [-0.1, -0.05) is 6.07 Å². The van der Waals surface area contributed by atoms with Gasteiger partial charge in [-0.3, -0.25) is 19.4 Å². The number of nitrogens with zero attached hydrogens (tertiary/aromatic N) is 3. The third-order valence-electron chi connectivity index (χ3n) is 4.36. The van der Waals surface area contributed by atoms with Crippen molar-refractivity contribution in [2.24, 2.45) is 0 Å². The number of hydrogen-bond donors (Lipinski definition) is 1. The first-order valence-electron chi connectivity index (χ1n) is 8.56. The van der Waals surface area contributed by atoms with Gasteiger partial charge in [-0.05, 0) is 66.7 Å². The van der Waals surface area contributed by atoms with Crippen LogP contribution >= 0.6 is 22.6 Å². The summed E-state index contributed by atoms with van der Waals surface area (Å²) < 4.78 is 1.14. The smallest absolute Gasteiger partial charge is 0.238 e. The van der Waals surface area contributed by atoms with Crippen molar-refractivity contribution in [1.29, 1.82) is 0 Å². The number of rotatable bonds is 5. The Balaban J connectivity index is 1.81. The van der Waals surface area contributed by atoms with E-state index in [1.165, 1.54) is 5.56 Å². The Morgan fingerprint density at radius 2 is 1.76 bits per heavy atom. The van der Waals surface area contributed by atoms with Gasteiger partial charge in [0, 0.05) is 36.4 Å². The van der Waals surface area contributed by atoms with Gasteiger partial charge < -0.3 is 10.2 Å². The lowest BCUT2D eigenvalue weighted by molar-refractivity contribution is -0.129. The first-order chi connectivity index (χ1) is 11.8. The molecular formula is C18H27IN4O2. The summed E-state index contributed by atoms with van der Waals surface area (Å²) in [7, 11) is 3.56. The Bertz CT molecular complexity index is 621. The number of anilines is 1. The van der Waals surface area contributed by atoms with Crippen LogP contribution in [0.25, 0.3) is 0 Å². The lowest BCUT2D eigenvalue weighted by Crippen LogP contribution is -2.39. The number of hydrogen-bond acceptors (Lipinski definition) is 4. The van der Waals surface area contributed by atoms with E-state index < -0.39 is 0 Å². The SMILES string of the molecule is Cc1ccc(NC(=O)CN2CCCN(CC(=O)N(C)C)CC2)cc1I. The molecule has 2 rings (SSSR count). The van der Waals surface area contributed by atoms with Gasteiger partial charge in [-0.15, -0.1) is 0 Å². The van der Waals surface area contributed by atoms with Crippen molar-refractivity contribution in [1.82, 2.24) is 14.7 Å². The maximum absolute atomic E-state index is 12.3.